The molecule has 6 heteroatoms. The summed E-state index contributed by atoms with van der Waals surface area (Å²) in [4.78, 5) is 14.5. The summed E-state index contributed by atoms with van der Waals surface area (Å²) in [6, 6.07) is 10.7. The molecule has 0 atom stereocenters. The van der Waals surface area contributed by atoms with Crippen LogP contribution < -0.4 is 5.32 Å². The van der Waals surface area contributed by atoms with Crippen LogP contribution in [0, 0.1) is 11.7 Å². The lowest BCUT2D eigenvalue weighted by atomic mass is 10.0. The van der Waals surface area contributed by atoms with E-state index < -0.39 is 0 Å². The maximum atomic E-state index is 13.8. The molecule has 1 saturated heterocycles. The molecule has 1 saturated carbocycles. The molecule has 1 N–H and O–H groups in total. The van der Waals surface area contributed by atoms with Crippen molar-refractivity contribution < 1.29 is 13.6 Å². The topological polar surface area (TPSA) is 45.5 Å². The van der Waals surface area contributed by atoms with Crippen LogP contribution in [0.2, 0.25) is 0 Å². The predicted molar refractivity (Wildman–Crippen MR) is 110 cm³/mol. The van der Waals surface area contributed by atoms with Gasteiger partial charge in [-0.15, -0.1) is 12.4 Å². The Morgan fingerprint density at radius 2 is 1.86 bits per heavy atom. The number of hydrogen-bond donors (Lipinski definition) is 1. The molecule has 2 heterocycles. The quantitative estimate of drug-likeness (QED) is 0.739. The lowest BCUT2D eigenvalue weighted by Crippen LogP contribution is -2.45. The highest BCUT2D eigenvalue weighted by atomic mass is 35.5. The number of hydrogen-bond acceptors (Lipinski definition) is 3. The predicted octanol–water partition coefficient (Wildman–Crippen LogP) is 4.43. The minimum atomic E-state index is -0.298. The summed E-state index contributed by atoms with van der Waals surface area (Å²) < 4.78 is 19.6. The highest BCUT2D eigenvalue weighted by Gasteiger charge is 2.26. The van der Waals surface area contributed by atoms with E-state index in [2.05, 4.69) is 5.32 Å². The molecule has 1 aromatic carbocycles. The number of nitrogens with zero attached hydrogens (tertiary/aromatic N) is 1. The van der Waals surface area contributed by atoms with E-state index in [1.54, 1.807) is 24.3 Å². The number of rotatable bonds is 7. The molecule has 0 unspecified atom stereocenters. The summed E-state index contributed by atoms with van der Waals surface area (Å²) in [5.74, 6) is 2.01. The fourth-order valence-electron chi connectivity index (χ4n) is 3.69. The van der Waals surface area contributed by atoms with Gasteiger partial charge in [-0.3, -0.25) is 4.79 Å². The number of halogens is 2. The molecule has 1 aromatic heterocycles. The number of amides is 1. The Morgan fingerprint density at radius 3 is 2.57 bits per heavy atom. The average Bonchev–Trinajstić information content (AvgIpc) is 3.41. The van der Waals surface area contributed by atoms with Gasteiger partial charge in [-0.05, 0) is 62.4 Å². The third-order valence-electron chi connectivity index (χ3n) is 5.63. The third kappa shape index (κ3) is 5.36. The van der Waals surface area contributed by atoms with Gasteiger partial charge >= 0.3 is 0 Å². The molecule has 1 aliphatic heterocycles. The van der Waals surface area contributed by atoms with Gasteiger partial charge in [-0.1, -0.05) is 12.1 Å². The molecular formula is C22H28ClFN2O2. The Labute approximate surface area is 171 Å². The fraction of sp³-hybridized carbons (Fsp3) is 0.500. The number of likely N-dealkylation sites (tertiary alicyclic amines) is 1. The van der Waals surface area contributed by atoms with Gasteiger partial charge in [0.15, 0.2) is 0 Å². The summed E-state index contributed by atoms with van der Waals surface area (Å²) in [7, 11) is 0. The summed E-state index contributed by atoms with van der Waals surface area (Å²) in [5.41, 5.74) is 0.454. The van der Waals surface area contributed by atoms with Crippen LogP contribution in [0.4, 0.5) is 4.39 Å². The largest absolute Gasteiger partial charge is 0.461 e. The van der Waals surface area contributed by atoms with Crippen molar-refractivity contribution in [2.75, 3.05) is 19.6 Å². The van der Waals surface area contributed by atoms with Gasteiger partial charge in [-0.25, -0.2) is 4.39 Å². The van der Waals surface area contributed by atoms with Crippen LogP contribution in [0.1, 0.15) is 37.9 Å². The van der Waals surface area contributed by atoms with E-state index >= 15 is 0 Å². The molecule has 4 rings (SSSR count). The van der Waals surface area contributed by atoms with E-state index in [1.807, 2.05) is 11.0 Å². The molecule has 1 aliphatic carbocycles. The van der Waals surface area contributed by atoms with Crippen molar-refractivity contribution in [2.24, 2.45) is 5.92 Å². The number of benzene rings is 1. The summed E-state index contributed by atoms with van der Waals surface area (Å²) in [5, 5.41) is 3.64. The van der Waals surface area contributed by atoms with Crippen LogP contribution in [0.3, 0.4) is 0 Å². The number of carbonyl (C=O) groups excluding carboxylic acids is 1. The zero-order valence-electron chi connectivity index (χ0n) is 16.0. The van der Waals surface area contributed by atoms with Gasteiger partial charge in [0, 0.05) is 32.0 Å². The van der Waals surface area contributed by atoms with E-state index in [0.29, 0.717) is 30.2 Å². The second-order valence-electron chi connectivity index (χ2n) is 7.75. The first kappa shape index (κ1) is 20.9. The van der Waals surface area contributed by atoms with E-state index in [0.717, 1.165) is 44.2 Å². The number of nitrogens with one attached hydrogen (secondary N) is 1. The van der Waals surface area contributed by atoms with Crippen molar-refractivity contribution in [2.45, 2.75) is 44.6 Å². The van der Waals surface area contributed by atoms with E-state index in [4.69, 9.17) is 4.42 Å². The van der Waals surface area contributed by atoms with Crippen LogP contribution in [-0.4, -0.2) is 36.5 Å². The average molecular weight is 407 g/mol. The minimum absolute atomic E-state index is 0. The highest BCUT2D eigenvalue weighted by molar-refractivity contribution is 5.85. The SMILES string of the molecule is Cl.O=C(CCc1ccc(-c2ccccc2F)o1)N1CCC(NCC2CC2)CC1. The fourth-order valence-corrected chi connectivity index (χ4v) is 3.69. The maximum absolute atomic E-state index is 13.8. The van der Waals surface area contributed by atoms with Crippen molar-refractivity contribution in [1.29, 1.82) is 0 Å². The zero-order valence-corrected chi connectivity index (χ0v) is 16.8. The Balaban J connectivity index is 0.00000225. The van der Waals surface area contributed by atoms with E-state index in [-0.39, 0.29) is 24.1 Å². The third-order valence-corrected chi connectivity index (χ3v) is 5.63. The highest BCUT2D eigenvalue weighted by Crippen LogP contribution is 2.28. The first-order valence-corrected chi connectivity index (χ1v) is 10.0. The molecule has 0 radical (unpaired) electrons. The molecule has 152 valence electrons. The Morgan fingerprint density at radius 1 is 1.11 bits per heavy atom. The summed E-state index contributed by atoms with van der Waals surface area (Å²) in [6.45, 7) is 2.81. The molecule has 2 aliphatic rings. The lowest BCUT2D eigenvalue weighted by molar-refractivity contribution is -0.132. The molecule has 1 amide bonds. The Hall–Kier alpha value is -1.85. The van der Waals surface area contributed by atoms with Gasteiger partial charge < -0.3 is 14.6 Å². The van der Waals surface area contributed by atoms with E-state index in [9.17, 15) is 9.18 Å². The molecule has 2 fully saturated rings. The van der Waals surface area contributed by atoms with Crippen LogP contribution >= 0.6 is 12.4 Å². The molecular weight excluding hydrogens is 379 g/mol. The van der Waals surface area contributed by atoms with Gasteiger partial charge in [0.05, 0.1) is 5.56 Å². The van der Waals surface area contributed by atoms with Gasteiger partial charge in [0.2, 0.25) is 5.91 Å². The van der Waals surface area contributed by atoms with Gasteiger partial charge in [-0.2, -0.15) is 0 Å². The second kappa shape index (κ2) is 9.57. The number of carbonyl (C=O) groups is 1. The molecule has 0 spiro atoms. The molecule has 2 aromatic rings. The normalized spacial score (nSPS) is 17.4. The first-order valence-electron chi connectivity index (χ1n) is 10.0. The molecule has 0 bridgehead atoms. The van der Waals surface area contributed by atoms with Crippen molar-refractivity contribution in [3.8, 4) is 11.3 Å². The smallest absolute Gasteiger partial charge is 0.223 e. The summed E-state index contributed by atoms with van der Waals surface area (Å²) >= 11 is 0. The monoisotopic (exact) mass is 406 g/mol. The number of furan rings is 1. The maximum Gasteiger partial charge on any atom is 0.223 e. The van der Waals surface area contributed by atoms with Crippen LogP contribution in [0.5, 0.6) is 0 Å². The molecule has 4 nitrogen and oxygen atoms in total. The standard InChI is InChI=1S/C22H27FN2O2.ClH/c23-20-4-2-1-3-19(20)21-9-7-18(27-21)8-10-22(26)25-13-11-17(12-14-25)24-15-16-5-6-16;/h1-4,7,9,16-17,24H,5-6,8,10-15H2;1H. The van der Waals surface area contributed by atoms with Crippen molar-refractivity contribution in [3.05, 3.63) is 48.0 Å². The van der Waals surface area contributed by atoms with Gasteiger partial charge in [0.1, 0.15) is 17.3 Å². The number of aryl methyl sites for hydroxylation is 1. The summed E-state index contributed by atoms with van der Waals surface area (Å²) in [6.07, 6.45) is 5.80. The van der Waals surface area contributed by atoms with E-state index in [1.165, 1.54) is 18.9 Å². The van der Waals surface area contributed by atoms with Crippen molar-refractivity contribution in [1.82, 2.24) is 10.2 Å². The van der Waals surface area contributed by atoms with Crippen LogP contribution in [0.25, 0.3) is 11.3 Å². The van der Waals surface area contributed by atoms with Crippen molar-refractivity contribution in [3.63, 3.8) is 0 Å². The Bertz CT molecular complexity index is 782. The number of piperidine rings is 1. The van der Waals surface area contributed by atoms with Crippen LogP contribution in [-0.2, 0) is 11.2 Å². The molecule has 28 heavy (non-hydrogen) atoms. The van der Waals surface area contributed by atoms with Crippen LogP contribution in [0.15, 0.2) is 40.8 Å². The second-order valence-corrected chi connectivity index (χ2v) is 7.75. The lowest BCUT2D eigenvalue weighted by Gasteiger charge is -2.32. The van der Waals surface area contributed by atoms with Gasteiger partial charge in [0.25, 0.3) is 0 Å². The minimum Gasteiger partial charge on any atom is -0.461 e. The Kier molecular flexibility index (Phi) is 7.13. The van der Waals surface area contributed by atoms with Crippen molar-refractivity contribution >= 4 is 18.3 Å². The first-order chi connectivity index (χ1) is 13.2. The zero-order chi connectivity index (χ0) is 18.6.